The minimum atomic E-state index is -3.65. The molecule has 158 valence electrons. The van der Waals surface area contributed by atoms with E-state index in [1.165, 1.54) is 37.7 Å². The fraction of sp³-hybridized carbons (Fsp3) is 0.421. The molecule has 1 amide bonds. The van der Waals surface area contributed by atoms with Gasteiger partial charge in [0, 0.05) is 50.7 Å². The van der Waals surface area contributed by atoms with Crippen molar-refractivity contribution in [3.8, 4) is 11.5 Å². The number of benzene rings is 1. The lowest BCUT2D eigenvalue weighted by molar-refractivity contribution is 0.0640. The van der Waals surface area contributed by atoms with E-state index >= 15 is 0 Å². The summed E-state index contributed by atoms with van der Waals surface area (Å²) < 4.78 is 38.0. The molecule has 0 atom stereocenters. The van der Waals surface area contributed by atoms with Gasteiger partial charge in [0.15, 0.2) is 11.5 Å². The highest BCUT2D eigenvalue weighted by Crippen LogP contribution is 2.29. The molecule has 3 rings (SSSR count). The highest BCUT2D eigenvalue weighted by atomic mass is 32.2. The predicted octanol–water partition coefficient (Wildman–Crippen LogP) is 1.50. The van der Waals surface area contributed by atoms with Gasteiger partial charge < -0.3 is 14.4 Å². The van der Waals surface area contributed by atoms with E-state index in [1.807, 2.05) is 21.7 Å². The highest BCUT2D eigenvalue weighted by Gasteiger charge is 2.23. The van der Waals surface area contributed by atoms with Crippen molar-refractivity contribution in [2.45, 2.75) is 4.90 Å². The van der Waals surface area contributed by atoms with Gasteiger partial charge in [-0.25, -0.2) is 13.1 Å². The first-order valence-electron chi connectivity index (χ1n) is 9.20. The summed E-state index contributed by atoms with van der Waals surface area (Å²) in [7, 11) is -0.687. The molecule has 2 heterocycles. The second kappa shape index (κ2) is 9.57. The van der Waals surface area contributed by atoms with Crippen LogP contribution in [0.25, 0.3) is 0 Å². The van der Waals surface area contributed by atoms with Gasteiger partial charge in [-0.15, -0.1) is 0 Å². The number of amides is 1. The molecule has 1 aromatic carbocycles. The summed E-state index contributed by atoms with van der Waals surface area (Å²) in [6.07, 6.45) is 0. The lowest BCUT2D eigenvalue weighted by atomic mass is 10.2. The number of nitrogens with one attached hydrogen (secondary N) is 1. The fourth-order valence-electron chi connectivity index (χ4n) is 3.15. The van der Waals surface area contributed by atoms with Gasteiger partial charge in [-0.2, -0.15) is 11.3 Å². The van der Waals surface area contributed by atoms with Gasteiger partial charge in [-0.3, -0.25) is 9.69 Å². The number of methoxy groups -OCH3 is 2. The number of carbonyl (C=O) groups excluding carboxylic acids is 1. The third kappa shape index (κ3) is 5.27. The van der Waals surface area contributed by atoms with Crippen LogP contribution < -0.4 is 14.2 Å². The zero-order valence-corrected chi connectivity index (χ0v) is 18.1. The Bertz CT molecular complexity index is 923. The monoisotopic (exact) mass is 439 g/mol. The van der Waals surface area contributed by atoms with Crippen LogP contribution in [0.5, 0.6) is 11.5 Å². The third-order valence-corrected chi connectivity index (χ3v) is 6.95. The topological polar surface area (TPSA) is 88.2 Å². The van der Waals surface area contributed by atoms with Crippen molar-refractivity contribution in [3.63, 3.8) is 0 Å². The lowest BCUT2D eigenvalue weighted by Crippen LogP contribution is -2.50. The number of hydrogen-bond acceptors (Lipinski definition) is 7. The summed E-state index contributed by atoms with van der Waals surface area (Å²) in [6, 6.07) is 6.33. The summed E-state index contributed by atoms with van der Waals surface area (Å²) in [5, 5.41) is 3.76. The van der Waals surface area contributed by atoms with E-state index in [-0.39, 0.29) is 17.3 Å². The minimum Gasteiger partial charge on any atom is -0.493 e. The molecule has 2 aromatic rings. The summed E-state index contributed by atoms with van der Waals surface area (Å²) in [4.78, 5) is 16.5. The maximum absolute atomic E-state index is 12.5. The standard InChI is InChI=1S/C19H25N3O5S2/c1-26-17-4-3-16(13-18(17)27-2)29(24,25)20-6-7-21-8-10-22(11-9-21)19(23)15-5-12-28-14-15/h3-5,12-14,20H,6-11H2,1-2H3. The number of nitrogens with zero attached hydrogens (tertiary/aromatic N) is 2. The minimum absolute atomic E-state index is 0.0556. The van der Waals surface area contributed by atoms with Gasteiger partial charge in [-0.05, 0) is 23.6 Å². The van der Waals surface area contributed by atoms with Crippen LogP contribution in [-0.2, 0) is 10.0 Å². The molecule has 0 bridgehead atoms. The molecule has 29 heavy (non-hydrogen) atoms. The average Bonchev–Trinajstić information content (AvgIpc) is 3.28. The van der Waals surface area contributed by atoms with Crippen LogP contribution in [-0.4, -0.2) is 77.6 Å². The maximum Gasteiger partial charge on any atom is 0.254 e. The first-order valence-corrected chi connectivity index (χ1v) is 11.6. The van der Waals surface area contributed by atoms with Crippen molar-refractivity contribution in [2.24, 2.45) is 0 Å². The van der Waals surface area contributed by atoms with Crippen molar-refractivity contribution in [1.29, 1.82) is 0 Å². The number of hydrogen-bond donors (Lipinski definition) is 1. The van der Waals surface area contributed by atoms with Crippen molar-refractivity contribution in [3.05, 3.63) is 40.6 Å². The smallest absolute Gasteiger partial charge is 0.254 e. The second-order valence-electron chi connectivity index (χ2n) is 6.56. The van der Waals surface area contributed by atoms with E-state index in [0.717, 1.165) is 5.56 Å². The molecule has 1 saturated heterocycles. The van der Waals surface area contributed by atoms with Gasteiger partial charge in [0.1, 0.15) is 0 Å². The Kier molecular flexibility index (Phi) is 7.12. The predicted molar refractivity (Wildman–Crippen MR) is 111 cm³/mol. The van der Waals surface area contributed by atoms with Crippen LogP contribution in [0.15, 0.2) is 39.9 Å². The van der Waals surface area contributed by atoms with Crippen molar-refractivity contribution < 1.29 is 22.7 Å². The SMILES string of the molecule is COc1ccc(S(=O)(=O)NCCN2CCN(C(=O)c3ccsc3)CC2)cc1OC. The quantitative estimate of drug-likeness (QED) is 0.671. The van der Waals surface area contributed by atoms with Crippen molar-refractivity contribution in [2.75, 3.05) is 53.5 Å². The van der Waals surface area contributed by atoms with Crippen LogP contribution in [0, 0.1) is 0 Å². The van der Waals surface area contributed by atoms with E-state index < -0.39 is 10.0 Å². The first-order chi connectivity index (χ1) is 13.9. The van der Waals surface area contributed by atoms with Crippen molar-refractivity contribution >= 4 is 27.3 Å². The average molecular weight is 440 g/mol. The number of thiophene rings is 1. The third-order valence-electron chi connectivity index (χ3n) is 4.81. The van der Waals surface area contributed by atoms with Crippen LogP contribution >= 0.6 is 11.3 Å². The zero-order valence-electron chi connectivity index (χ0n) is 16.5. The number of rotatable bonds is 8. The Morgan fingerprint density at radius 1 is 1.10 bits per heavy atom. The molecule has 0 aliphatic carbocycles. The van der Waals surface area contributed by atoms with E-state index in [1.54, 1.807) is 6.07 Å². The normalized spacial score (nSPS) is 15.3. The van der Waals surface area contributed by atoms with E-state index in [0.29, 0.717) is 44.2 Å². The van der Waals surface area contributed by atoms with Crippen LogP contribution in [0.4, 0.5) is 0 Å². The van der Waals surface area contributed by atoms with Crippen LogP contribution in [0.1, 0.15) is 10.4 Å². The molecule has 1 N–H and O–H groups in total. The lowest BCUT2D eigenvalue weighted by Gasteiger charge is -2.34. The Hall–Kier alpha value is -2.14. The molecule has 0 radical (unpaired) electrons. The molecule has 8 nitrogen and oxygen atoms in total. The van der Waals surface area contributed by atoms with Gasteiger partial charge in [0.2, 0.25) is 10.0 Å². The van der Waals surface area contributed by atoms with Crippen molar-refractivity contribution in [1.82, 2.24) is 14.5 Å². The highest BCUT2D eigenvalue weighted by molar-refractivity contribution is 7.89. The summed E-state index contributed by atoms with van der Waals surface area (Å²) >= 11 is 1.51. The summed E-state index contributed by atoms with van der Waals surface area (Å²) in [6.45, 7) is 3.57. The molecule has 1 aromatic heterocycles. The van der Waals surface area contributed by atoms with Crippen LogP contribution in [0.2, 0.25) is 0 Å². The molecular formula is C19H25N3O5S2. The Morgan fingerprint density at radius 2 is 1.83 bits per heavy atom. The molecule has 1 aliphatic rings. The number of sulfonamides is 1. The number of carbonyl (C=O) groups is 1. The molecular weight excluding hydrogens is 414 g/mol. The molecule has 10 heteroatoms. The van der Waals surface area contributed by atoms with Gasteiger partial charge in [-0.1, -0.05) is 0 Å². The van der Waals surface area contributed by atoms with Crippen LogP contribution in [0.3, 0.4) is 0 Å². The summed E-state index contributed by atoms with van der Waals surface area (Å²) in [5.41, 5.74) is 0.728. The molecule has 0 saturated carbocycles. The Balaban J connectivity index is 1.48. The van der Waals surface area contributed by atoms with Gasteiger partial charge in [0.05, 0.1) is 24.7 Å². The second-order valence-corrected chi connectivity index (χ2v) is 9.11. The molecule has 1 fully saturated rings. The number of ether oxygens (including phenoxy) is 2. The fourth-order valence-corrected chi connectivity index (χ4v) is 4.81. The largest absolute Gasteiger partial charge is 0.493 e. The van der Waals surface area contributed by atoms with Gasteiger partial charge in [0.25, 0.3) is 5.91 Å². The van der Waals surface area contributed by atoms with Gasteiger partial charge >= 0.3 is 0 Å². The maximum atomic E-state index is 12.5. The molecule has 0 spiro atoms. The van der Waals surface area contributed by atoms with E-state index in [2.05, 4.69) is 9.62 Å². The first kappa shape index (κ1) is 21.6. The Labute approximate surface area is 175 Å². The number of piperazine rings is 1. The molecule has 0 unspecified atom stereocenters. The van der Waals surface area contributed by atoms with E-state index in [4.69, 9.17) is 9.47 Å². The van der Waals surface area contributed by atoms with E-state index in [9.17, 15) is 13.2 Å². The zero-order chi connectivity index (χ0) is 20.9. The Morgan fingerprint density at radius 3 is 2.45 bits per heavy atom. The summed E-state index contributed by atoms with van der Waals surface area (Å²) in [5.74, 6) is 0.892. The molecule has 1 aliphatic heterocycles.